The Morgan fingerprint density at radius 3 is 2.21 bits per heavy atom. The summed E-state index contributed by atoms with van der Waals surface area (Å²) >= 11 is 0. The molecule has 0 amide bonds. The number of hydrogen-bond acceptors (Lipinski definition) is 1. The molecular formula is C18H21N. The van der Waals surface area contributed by atoms with Gasteiger partial charge in [0.1, 0.15) is 0 Å². The summed E-state index contributed by atoms with van der Waals surface area (Å²) in [7, 11) is 0. The highest BCUT2D eigenvalue weighted by Crippen LogP contribution is 2.19. The van der Waals surface area contributed by atoms with Gasteiger partial charge in [0.05, 0.1) is 0 Å². The van der Waals surface area contributed by atoms with Crippen molar-refractivity contribution in [2.45, 2.75) is 25.4 Å². The summed E-state index contributed by atoms with van der Waals surface area (Å²) in [6.07, 6.45) is 4.10. The first-order chi connectivity index (χ1) is 9.40. The van der Waals surface area contributed by atoms with E-state index in [1.165, 1.54) is 11.1 Å². The van der Waals surface area contributed by atoms with Gasteiger partial charge in [0.15, 0.2) is 0 Å². The van der Waals surface area contributed by atoms with Crippen LogP contribution in [-0.2, 0) is 6.54 Å². The zero-order chi connectivity index (χ0) is 13.3. The molecule has 0 saturated heterocycles. The second-order valence-electron chi connectivity index (χ2n) is 4.70. The van der Waals surface area contributed by atoms with Crippen molar-refractivity contribution in [3.05, 3.63) is 84.4 Å². The first-order valence-electron chi connectivity index (χ1n) is 6.83. The lowest BCUT2D eigenvalue weighted by Gasteiger charge is -2.18. The van der Waals surface area contributed by atoms with E-state index < -0.39 is 0 Å². The van der Waals surface area contributed by atoms with Gasteiger partial charge < -0.3 is 5.32 Å². The monoisotopic (exact) mass is 251 g/mol. The van der Waals surface area contributed by atoms with Crippen LogP contribution < -0.4 is 5.32 Å². The van der Waals surface area contributed by atoms with Crippen LogP contribution in [0.4, 0.5) is 0 Å². The average Bonchev–Trinajstić information content (AvgIpc) is 2.49. The van der Waals surface area contributed by atoms with Crippen molar-refractivity contribution in [3.63, 3.8) is 0 Å². The fraction of sp³-hybridized carbons (Fsp3) is 0.222. The van der Waals surface area contributed by atoms with Gasteiger partial charge in [0.2, 0.25) is 0 Å². The molecule has 1 atom stereocenters. The third kappa shape index (κ3) is 4.38. The molecule has 0 aromatic heterocycles. The lowest BCUT2D eigenvalue weighted by atomic mass is 10.0. The molecule has 0 aliphatic rings. The number of nitrogens with one attached hydrogen (secondary N) is 1. The Morgan fingerprint density at radius 1 is 0.947 bits per heavy atom. The van der Waals surface area contributed by atoms with Crippen LogP contribution in [0.15, 0.2) is 73.3 Å². The van der Waals surface area contributed by atoms with Gasteiger partial charge >= 0.3 is 0 Å². The van der Waals surface area contributed by atoms with Crippen LogP contribution in [-0.4, -0.2) is 0 Å². The summed E-state index contributed by atoms with van der Waals surface area (Å²) in [5.74, 6) is 0. The maximum Gasteiger partial charge on any atom is 0.0326 e. The van der Waals surface area contributed by atoms with Gasteiger partial charge in [-0.1, -0.05) is 66.7 Å². The van der Waals surface area contributed by atoms with Crippen LogP contribution in [0.3, 0.4) is 0 Å². The van der Waals surface area contributed by atoms with Crippen LogP contribution in [0.5, 0.6) is 0 Å². The first kappa shape index (κ1) is 13.6. The molecule has 1 unspecified atom stereocenters. The molecule has 0 spiro atoms. The van der Waals surface area contributed by atoms with Crippen molar-refractivity contribution in [1.29, 1.82) is 0 Å². The summed E-state index contributed by atoms with van der Waals surface area (Å²) in [5.41, 5.74) is 2.67. The van der Waals surface area contributed by atoms with Crippen LogP contribution in [0.25, 0.3) is 0 Å². The predicted molar refractivity (Wildman–Crippen MR) is 81.9 cm³/mol. The van der Waals surface area contributed by atoms with E-state index in [0.29, 0.717) is 6.04 Å². The molecule has 2 rings (SSSR count). The summed E-state index contributed by atoms with van der Waals surface area (Å²) in [4.78, 5) is 0. The van der Waals surface area contributed by atoms with Gasteiger partial charge in [-0.05, 0) is 24.0 Å². The zero-order valence-corrected chi connectivity index (χ0v) is 11.3. The molecule has 0 heterocycles. The Hall–Kier alpha value is -1.86. The van der Waals surface area contributed by atoms with E-state index >= 15 is 0 Å². The molecule has 0 aliphatic heterocycles. The SMILES string of the molecule is C=CCCC(NCc1ccccc1)c1ccccc1. The van der Waals surface area contributed by atoms with Crippen molar-refractivity contribution in [3.8, 4) is 0 Å². The third-order valence-electron chi connectivity index (χ3n) is 3.26. The van der Waals surface area contributed by atoms with Gasteiger partial charge in [0, 0.05) is 12.6 Å². The van der Waals surface area contributed by atoms with E-state index in [4.69, 9.17) is 0 Å². The molecule has 2 aromatic rings. The van der Waals surface area contributed by atoms with E-state index in [9.17, 15) is 0 Å². The van der Waals surface area contributed by atoms with Gasteiger partial charge in [-0.15, -0.1) is 6.58 Å². The minimum absolute atomic E-state index is 0.388. The Balaban J connectivity index is 2.00. The second kappa shape index (κ2) is 7.55. The molecule has 0 bridgehead atoms. The molecule has 0 fully saturated rings. The van der Waals surface area contributed by atoms with Gasteiger partial charge in [-0.2, -0.15) is 0 Å². The van der Waals surface area contributed by atoms with E-state index in [1.54, 1.807) is 0 Å². The normalized spacial score (nSPS) is 12.0. The maximum atomic E-state index is 3.82. The number of benzene rings is 2. The molecule has 2 aromatic carbocycles. The van der Waals surface area contributed by atoms with Crippen molar-refractivity contribution < 1.29 is 0 Å². The van der Waals surface area contributed by atoms with Gasteiger partial charge in [0.25, 0.3) is 0 Å². The molecule has 0 radical (unpaired) electrons. The highest BCUT2D eigenvalue weighted by atomic mass is 14.9. The van der Waals surface area contributed by atoms with E-state index in [1.807, 2.05) is 6.08 Å². The number of rotatable bonds is 7. The lowest BCUT2D eigenvalue weighted by Crippen LogP contribution is -2.20. The molecule has 19 heavy (non-hydrogen) atoms. The average molecular weight is 251 g/mol. The standard InChI is InChI=1S/C18H21N/c1-2-3-14-18(17-12-8-5-9-13-17)19-15-16-10-6-4-7-11-16/h2,4-13,18-19H,1,3,14-15H2. The quantitative estimate of drug-likeness (QED) is 0.715. The number of hydrogen-bond donors (Lipinski definition) is 1. The van der Waals surface area contributed by atoms with Crippen LogP contribution >= 0.6 is 0 Å². The van der Waals surface area contributed by atoms with Crippen LogP contribution in [0, 0.1) is 0 Å². The first-order valence-corrected chi connectivity index (χ1v) is 6.83. The molecule has 0 saturated carbocycles. The maximum absolute atomic E-state index is 3.82. The Bertz CT molecular complexity index is 476. The predicted octanol–water partition coefficient (Wildman–Crippen LogP) is 4.48. The summed E-state index contributed by atoms with van der Waals surface area (Å²) in [6, 6.07) is 21.5. The smallest absolute Gasteiger partial charge is 0.0326 e. The Labute approximate surface area is 116 Å². The lowest BCUT2D eigenvalue weighted by molar-refractivity contribution is 0.503. The van der Waals surface area contributed by atoms with Gasteiger partial charge in [-0.3, -0.25) is 0 Å². The van der Waals surface area contributed by atoms with Crippen molar-refractivity contribution in [2.75, 3.05) is 0 Å². The highest BCUT2D eigenvalue weighted by Gasteiger charge is 2.09. The minimum atomic E-state index is 0.388. The van der Waals surface area contributed by atoms with Crippen molar-refractivity contribution >= 4 is 0 Å². The van der Waals surface area contributed by atoms with E-state index in [0.717, 1.165) is 19.4 Å². The molecule has 0 aliphatic carbocycles. The van der Waals surface area contributed by atoms with Crippen LogP contribution in [0.2, 0.25) is 0 Å². The zero-order valence-electron chi connectivity index (χ0n) is 11.3. The Kier molecular flexibility index (Phi) is 5.39. The molecule has 98 valence electrons. The molecular weight excluding hydrogens is 230 g/mol. The summed E-state index contributed by atoms with van der Waals surface area (Å²) in [5, 5.41) is 3.64. The summed E-state index contributed by atoms with van der Waals surface area (Å²) in [6.45, 7) is 4.72. The highest BCUT2D eigenvalue weighted by molar-refractivity contribution is 5.20. The van der Waals surface area contributed by atoms with Crippen molar-refractivity contribution in [1.82, 2.24) is 5.32 Å². The van der Waals surface area contributed by atoms with E-state index in [-0.39, 0.29) is 0 Å². The molecule has 1 N–H and O–H groups in total. The molecule has 1 nitrogen and oxygen atoms in total. The third-order valence-corrected chi connectivity index (χ3v) is 3.26. The fourth-order valence-electron chi connectivity index (χ4n) is 2.19. The second-order valence-corrected chi connectivity index (χ2v) is 4.70. The largest absolute Gasteiger partial charge is 0.306 e. The summed E-state index contributed by atoms with van der Waals surface area (Å²) < 4.78 is 0. The Morgan fingerprint density at radius 2 is 1.58 bits per heavy atom. The van der Waals surface area contributed by atoms with E-state index in [2.05, 4.69) is 72.6 Å². The number of allylic oxidation sites excluding steroid dienone is 1. The van der Waals surface area contributed by atoms with Crippen molar-refractivity contribution in [2.24, 2.45) is 0 Å². The minimum Gasteiger partial charge on any atom is -0.306 e. The molecule has 1 heteroatoms. The topological polar surface area (TPSA) is 12.0 Å². The van der Waals surface area contributed by atoms with Gasteiger partial charge in [-0.25, -0.2) is 0 Å². The van der Waals surface area contributed by atoms with Crippen LogP contribution in [0.1, 0.15) is 30.0 Å². The fourth-order valence-corrected chi connectivity index (χ4v) is 2.19.